The highest BCUT2D eigenvalue weighted by Crippen LogP contribution is 2.45. The van der Waals surface area contributed by atoms with Gasteiger partial charge in [-0.05, 0) is 31.9 Å². The molecule has 2 aromatic rings. The van der Waals surface area contributed by atoms with Gasteiger partial charge in [-0.3, -0.25) is 4.79 Å². The van der Waals surface area contributed by atoms with Crippen molar-refractivity contribution in [3.05, 3.63) is 72.9 Å². The molecule has 0 aliphatic carbocycles. The molecule has 0 amide bonds. The van der Waals surface area contributed by atoms with Crippen molar-refractivity contribution < 1.29 is 9.47 Å². The Morgan fingerprint density at radius 1 is 1.31 bits per heavy atom. The Kier molecular flexibility index (Phi) is 5.30. The van der Waals surface area contributed by atoms with Crippen molar-refractivity contribution in [2.45, 2.75) is 38.3 Å². The number of halogens is 2. The quantitative estimate of drug-likeness (QED) is 0.796. The summed E-state index contributed by atoms with van der Waals surface area (Å²) in [6, 6.07) is 8.87. The topological polar surface area (TPSA) is 90.3 Å². The average Bonchev–Trinajstić information content (AvgIpc) is 3.18. The molecule has 2 aliphatic heterocycles. The molecule has 1 aromatic heterocycles. The lowest BCUT2D eigenvalue weighted by Crippen LogP contribution is -2.35. The lowest BCUT2D eigenvalue weighted by Gasteiger charge is -2.28. The summed E-state index contributed by atoms with van der Waals surface area (Å²) < 4.78 is 13.0. The number of allylic oxidation sites excluding steroid dienone is 1. The molecule has 4 rings (SSSR count). The molecule has 8 heteroatoms. The van der Waals surface area contributed by atoms with Crippen LogP contribution in [0.5, 0.6) is 5.75 Å². The summed E-state index contributed by atoms with van der Waals surface area (Å²) in [6.45, 7) is 2.96. The van der Waals surface area contributed by atoms with Gasteiger partial charge in [0, 0.05) is 34.0 Å². The van der Waals surface area contributed by atoms with Gasteiger partial charge in [-0.25, -0.2) is 0 Å². The lowest BCUT2D eigenvalue weighted by molar-refractivity contribution is 0.0955. The number of nitrogens with two attached hydrogens (primary N) is 1. The Morgan fingerprint density at radius 2 is 2.03 bits per heavy atom. The average molecular weight is 432 g/mol. The number of benzene rings is 1. The predicted octanol–water partition coefficient (Wildman–Crippen LogP) is 3.86. The van der Waals surface area contributed by atoms with Crippen molar-refractivity contribution >= 4 is 23.2 Å². The first-order chi connectivity index (χ1) is 13.9. The standard InChI is InChI=1S/C21H19Cl2N3O3/c1-11-8-16-19(21(27)26(11)10-12-4-3-7-28-12)17(13(9-24)20(25)29-16)18-14(22)5-2-6-15(18)23/h2,5-6,8,12,17H,3-4,7,10,25H2,1H3/t12-,17-/m1/s1. The lowest BCUT2D eigenvalue weighted by atomic mass is 9.84. The molecule has 3 heterocycles. The highest BCUT2D eigenvalue weighted by atomic mass is 35.5. The fourth-order valence-electron chi connectivity index (χ4n) is 3.98. The van der Waals surface area contributed by atoms with Crippen LogP contribution in [0.1, 0.15) is 35.6 Å². The summed E-state index contributed by atoms with van der Waals surface area (Å²) >= 11 is 12.9. The SMILES string of the molecule is Cc1cc2c(c(=O)n1C[C@H]1CCCO1)[C@@H](c1c(Cl)cccc1Cl)C(C#N)=C(N)O2. The van der Waals surface area contributed by atoms with Crippen LogP contribution in [0.25, 0.3) is 0 Å². The first kappa shape index (κ1) is 19.8. The Morgan fingerprint density at radius 3 is 2.66 bits per heavy atom. The van der Waals surface area contributed by atoms with E-state index < -0.39 is 5.92 Å². The maximum Gasteiger partial charge on any atom is 0.258 e. The Hall–Kier alpha value is -2.46. The number of ether oxygens (including phenoxy) is 2. The van der Waals surface area contributed by atoms with Gasteiger partial charge in [0.05, 0.1) is 24.1 Å². The van der Waals surface area contributed by atoms with Crippen LogP contribution in [0.3, 0.4) is 0 Å². The first-order valence-corrected chi connectivity index (χ1v) is 10.1. The number of rotatable bonds is 3. The monoisotopic (exact) mass is 431 g/mol. The fourth-order valence-corrected chi connectivity index (χ4v) is 4.60. The van der Waals surface area contributed by atoms with Crippen LogP contribution >= 0.6 is 23.2 Å². The molecule has 0 saturated carbocycles. The molecular formula is C21H19Cl2N3O3. The van der Waals surface area contributed by atoms with E-state index in [1.165, 1.54) is 0 Å². The molecule has 1 fully saturated rings. The second-order valence-corrected chi connectivity index (χ2v) is 7.99. The molecule has 1 aromatic carbocycles. The number of aromatic nitrogens is 1. The van der Waals surface area contributed by atoms with Crippen molar-refractivity contribution in [1.29, 1.82) is 5.26 Å². The van der Waals surface area contributed by atoms with E-state index in [2.05, 4.69) is 6.07 Å². The molecule has 1 saturated heterocycles. The Bertz CT molecular complexity index is 1090. The number of hydrogen-bond acceptors (Lipinski definition) is 5. The molecule has 150 valence electrons. The highest BCUT2D eigenvalue weighted by Gasteiger charge is 2.37. The van der Waals surface area contributed by atoms with Crippen molar-refractivity contribution in [3.8, 4) is 11.8 Å². The van der Waals surface area contributed by atoms with Gasteiger partial charge in [0.2, 0.25) is 5.88 Å². The van der Waals surface area contributed by atoms with Crippen LogP contribution in [0.2, 0.25) is 10.0 Å². The van der Waals surface area contributed by atoms with E-state index in [0.717, 1.165) is 18.5 Å². The molecular weight excluding hydrogens is 413 g/mol. The fraction of sp³-hybridized carbons (Fsp3) is 0.333. The maximum absolute atomic E-state index is 13.6. The number of fused-ring (bicyclic) bond motifs is 1. The second kappa shape index (κ2) is 7.75. The number of hydrogen-bond donors (Lipinski definition) is 1. The van der Waals surface area contributed by atoms with Gasteiger partial charge in [-0.2, -0.15) is 5.26 Å². The van der Waals surface area contributed by atoms with Crippen LogP contribution < -0.4 is 16.0 Å². The van der Waals surface area contributed by atoms with Gasteiger partial charge in [-0.15, -0.1) is 0 Å². The van der Waals surface area contributed by atoms with Crippen molar-refractivity contribution in [1.82, 2.24) is 4.57 Å². The third-order valence-electron chi connectivity index (χ3n) is 5.39. The molecule has 2 N–H and O–H groups in total. The highest BCUT2D eigenvalue weighted by molar-refractivity contribution is 6.36. The third-order valence-corrected chi connectivity index (χ3v) is 6.05. The number of pyridine rings is 1. The maximum atomic E-state index is 13.6. The Balaban J connectivity index is 1.95. The van der Waals surface area contributed by atoms with Crippen LogP contribution in [0.4, 0.5) is 0 Å². The van der Waals surface area contributed by atoms with Gasteiger partial charge >= 0.3 is 0 Å². The van der Waals surface area contributed by atoms with Crippen molar-refractivity contribution in [2.75, 3.05) is 6.61 Å². The summed E-state index contributed by atoms with van der Waals surface area (Å²) in [5.74, 6) is -0.556. The summed E-state index contributed by atoms with van der Waals surface area (Å²) in [5, 5.41) is 10.5. The second-order valence-electron chi connectivity index (χ2n) is 7.17. The summed E-state index contributed by atoms with van der Waals surface area (Å²) in [7, 11) is 0. The van der Waals surface area contributed by atoms with Crippen molar-refractivity contribution in [2.24, 2.45) is 5.73 Å². The van der Waals surface area contributed by atoms with Crippen molar-refractivity contribution in [3.63, 3.8) is 0 Å². The molecule has 2 atom stereocenters. The van der Waals surface area contributed by atoms with Crippen LogP contribution in [-0.4, -0.2) is 17.3 Å². The van der Waals surface area contributed by atoms with E-state index in [9.17, 15) is 10.1 Å². The van der Waals surface area contributed by atoms with Crippen LogP contribution in [0, 0.1) is 18.3 Å². The zero-order valence-corrected chi connectivity index (χ0v) is 17.3. The smallest absolute Gasteiger partial charge is 0.258 e. The normalized spacial score (nSPS) is 20.9. The van der Waals surface area contributed by atoms with Gasteiger partial charge in [0.1, 0.15) is 17.4 Å². The zero-order valence-electron chi connectivity index (χ0n) is 15.7. The van der Waals surface area contributed by atoms with E-state index in [1.807, 2.05) is 6.92 Å². The van der Waals surface area contributed by atoms with Crippen LogP contribution in [0.15, 0.2) is 40.5 Å². The van der Waals surface area contributed by atoms with E-state index in [4.69, 9.17) is 38.4 Å². The van der Waals surface area contributed by atoms with E-state index in [0.29, 0.717) is 40.1 Å². The molecule has 0 bridgehead atoms. The van der Waals surface area contributed by atoms with Gasteiger partial charge in [0.25, 0.3) is 5.56 Å². The van der Waals surface area contributed by atoms with E-state index >= 15 is 0 Å². The van der Waals surface area contributed by atoms with E-state index in [-0.39, 0.29) is 23.1 Å². The van der Waals surface area contributed by atoms with Crippen LogP contribution in [-0.2, 0) is 11.3 Å². The number of nitrogens with zero attached hydrogens (tertiary/aromatic N) is 2. The Labute approximate surface area is 178 Å². The largest absolute Gasteiger partial charge is 0.440 e. The predicted molar refractivity (Wildman–Crippen MR) is 110 cm³/mol. The number of nitriles is 1. The van der Waals surface area contributed by atoms with Gasteiger partial charge in [0.15, 0.2) is 0 Å². The summed E-state index contributed by atoms with van der Waals surface area (Å²) in [6.07, 6.45) is 1.85. The molecule has 2 aliphatic rings. The summed E-state index contributed by atoms with van der Waals surface area (Å²) in [4.78, 5) is 13.6. The zero-order chi connectivity index (χ0) is 20.7. The first-order valence-electron chi connectivity index (χ1n) is 9.29. The number of aryl methyl sites for hydroxylation is 1. The molecule has 29 heavy (non-hydrogen) atoms. The minimum absolute atomic E-state index is 0.0210. The molecule has 0 radical (unpaired) electrons. The molecule has 6 nitrogen and oxygen atoms in total. The van der Waals surface area contributed by atoms with E-state index in [1.54, 1.807) is 28.8 Å². The minimum Gasteiger partial charge on any atom is -0.440 e. The molecule has 0 spiro atoms. The van der Waals surface area contributed by atoms with Gasteiger partial charge < -0.3 is 19.8 Å². The van der Waals surface area contributed by atoms with Gasteiger partial charge in [-0.1, -0.05) is 29.3 Å². The summed E-state index contributed by atoms with van der Waals surface area (Å²) in [5.41, 5.74) is 7.35. The third kappa shape index (κ3) is 3.40. The minimum atomic E-state index is -0.811. The molecule has 0 unspecified atom stereocenters.